The summed E-state index contributed by atoms with van der Waals surface area (Å²) in [5, 5.41) is 28.8. The maximum absolute atomic E-state index is 11.2. The van der Waals surface area contributed by atoms with E-state index in [1.165, 1.54) is 18.2 Å². The van der Waals surface area contributed by atoms with E-state index in [9.17, 15) is 41.3 Å². The van der Waals surface area contributed by atoms with Gasteiger partial charge in [-0.05, 0) is 79.4 Å². The van der Waals surface area contributed by atoms with Crippen LogP contribution in [0.4, 0.5) is 0 Å². The summed E-state index contributed by atoms with van der Waals surface area (Å²) in [6.07, 6.45) is 1.60. The van der Waals surface area contributed by atoms with Gasteiger partial charge in [0.1, 0.15) is 5.75 Å². The highest BCUT2D eigenvalue weighted by molar-refractivity contribution is 9.10. The van der Waals surface area contributed by atoms with Crippen molar-refractivity contribution in [3.63, 3.8) is 0 Å². The maximum Gasteiger partial charge on any atom is 0.262 e. The third-order valence-corrected chi connectivity index (χ3v) is 5.27. The van der Waals surface area contributed by atoms with Crippen LogP contribution in [0.1, 0.15) is 11.1 Å². The lowest BCUT2D eigenvalue weighted by atomic mass is 10.1. The summed E-state index contributed by atoms with van der Waals surface area (Å²) in [6.45, 7) is 0. The van der Waals surface area contributed by atoms with Crippen molar-refractivity contribution < 1.29 is 49.6 Å². The molecule has 0 atom stereocenters. The van der Waals surface area contributed by atoms with Crippen LogP contribution in [0.2, 0.25) is 0 Å². The van der Waals surface area contributed by atoms with E-state index in [1.54, 1.807) is 0 Å². The van der Waals surface area contributed by atoms with Gasteiger partial charge < -0.3 is 32.8 Å². The summed E-state index contributed by atoms with van der Waals surface area (Å²) in [4.78, 5) is 0. The molecular weight excluding hydrogens is 592 g/mol. The largest absolute Gasteiger partial charge is 0.716 e. The van der Waals surface area contributed by atoms with Crippen LogP contribution in [-0.4, -0.2) is 41.3 Å². The molecule has 15 heteroatoms. The zero-order chi connectivity index (χ0) is 23.6. The van der Waals surface area contributed by atoms with Crippen LogP contribution in [0.25, 0.3) is 12.2 Å². The van der Waals surface area contributed by atoms with Gasteiger partial charge in [0.25, 0.3) is 20.8 Å². The minimum absolute atomic E-state index is 0.0477. The average Bonchev–Trinajstić information content (AvgIpc) is 2.59. The Morgan fingerprint density at radius 3 is 1.71 bits per heavy atom. The zero-order valence-electron chi connectivity index (χ0n) is 14.7. The van der Waals surface area contributed by atoms with Gasteiger partial charge in [0.15, 0.2) is 23.0 Å². The molecule has 0 unspecified atom stereocenters. The van der Waals surface area contributed by atoms with Crippen molar-refractivity contribution >= 4 is 64.8 Å². The van der Waals surface area contributed by atoms with E-state index in [4.69, 9.17) is 0 Å². The number of aromatic hydroxyl groups is 3. The van der Waals surface area contributed by atoms with Crippen molar-refractivity contribution in [1.82, 2.24) is 0 Å². The fraction of sp³-hybridized carbons (Fsp3) is 0. The molecule has 2 aromatic carbocycles. The van der Waals surface area contributed by atoms with E-state index in [1.807, 2.05) is 0 Å². The highest BCUT2D eigenvalue weighted by Gasteiger charge is 2.17. The molecule has 0 bridgehead atoms. The van der Waals surface area contributed by atoms with Crippen molar-refractivity contribution in [3.8, 4) is 17.2 Å². The molecule has 0 radical (unpaired) electrons. The molecule has 0 aliphatic rings. The van der Waals surface area contributed by atoms with Gasteiger partial charge in [-0.3, -0.25) is 0 Å². The molecule has 168 valence electrons. The lowest BCUT2D eigenvalue weighted by Gasteiger charge is -2.18. The summed E-state index contributed by atoms with van der Waals surface area (Å²) in [6, 6.07) is 5.75. The van der Waals surface area contributed by atoms with Gasteiger partial charge in [-0.15, -0.1) is 0 Å². The minimum atomic E-state index is -5.49. The highest BCUT2D eigenvalue weighted by atomic mass is 79.9. The van der Waals surface area contributed by atoms with Crippen molar-refractivity contribution in [2.45, 2.75) is 0 Å². The number of rotatable bonds is 7. The molecule has 0 saturated carbocycles. The van der Waals surface area contributed by atoms with Gasteiger partial charge in [-0.25, -0.2) is 16.8 Å². The molecular formula is C16H10Br2O11S2-2. The van der Waals surface area contributed by atoms with Crippen LogP contribution in [0.15, 0.2) is 50.8 Å². The van der Waals surface area contributed by atoms with Crippen LogP contribution < -0.4 is 0 Å². The Hall–Kier alpha value is -2.30. The van der Waals surface area contributed by atoms with Gasteiger partial charge >= 0.3 is 0 Å². The van der Waals surface area contributed by atoms with Crippen molar-refractivity contribution in [2.75, 3.05) is 0 Å². The topological polar surface area (TPSA) is 194 Å². The van der Waals surface area contributed by atoms with Gasteiger partial charge in [0, 0.05) is 0 Å². The molecule has 2 aromatic rings. The van der Waals surface area contributed by atoms with Crippen LogP contribution in [0, 0.1) is 0 Å². The third-order valence-electron chi connectivity index (χ3n) is 3.26. The molecule has 0 heterocycles. The second-order valence-corrected chi connectivity index (χ2v) is 9.26. The summed E-state index contributed by atoms with van der Waals surface area (Å²) in [7, 11) is -11.0. The fourth-order valence-electron chi connectivity index (χ4n) is 2.10. The SMILES string of the molecule is O=S(=O)([O-])OC(=C\c1cc(O)c(O)c(Br)c1)/C(=C\c1ccc(O)c(Br)c1)OS(=O)(=O)[O-]. The molecule has 0 aliphatic heterocycles. The van der Waals surface area contributed by atoms with Crippen molar-refractivity contribution in [2.24, 2.45) is 0 Å². The summed E-state index contributed by atoms with van der Waals surface area (Å²) < 4.78 is 75.6. The second kappa shape index (κ2) is 9.46. The lowest BCUT2D eigenvalue weighted by Crippen LogP contribution is -2.11. The molecule has 0 spiro atoms. The van der Waals surface area contributed by atoms with E-state index < -0.39 is 43.8 Å². The second-order valence-electron chi connectivity index (χ2n) is 5.58. The molecule has 0 aromatic heterocycles. The Kier molecular flexibility index (Phi) is 7.61. The molecule has 0 aliphatic carbocycles. The van der Waals surface area contributed by atoms with E-state index in [0.717, 1.165) is 24.3 Å². The Bertz CT molecular complexity index is 1260. The number of halogens is 2. The quantitative estimate of drug-likeness (QED) is 0.139. The molecule has 11 nitrogen and oxygen atoms in total. The molecule has 0 saturated heterocycles. The van der Waals surface area contributed by atoms with Crippen molar-refractivity contribution in [3.05, 3.63) is 61.9 Å². The van der Waals surface area contributed by atoms with Crippen LogP contribution >= 0.6 is 31.9 Å². The van der Waals surface area contributed by atoms with E-state index in [2.05, 4.69) is 40.2 Å². The van der Waals surface area contributed by atoms with Crippen molar-refractivity contribution in [1.29, 1.82) is 0 Å². The smallest absolute Gasteiger partial charge is 0.262 e. The number of benzene rings is 2. The maximum atomic E-state index is 11.2. The number of hydrogen-bond acceptors (Lipinski definition) is 11. The highest BCUT2D eigenvalue weighted by Crippen LogP contribution is 2.36. The number of phenols is 3. The summed E-state index contributed by atoms with van der Waals surface area (Å²) in [5.74, 6) is -3.43. The van der Waals surface area contributed by atoms with Crippen LogP contribution in [-0.2, 0) is 29.2 Å². The Morgan fingerprint density at radius 1 is 0.774 bits per heavy atom. The summed E-state index contributed by atoms with van der Waals surface area (Å²) >= 11 is 5.93. The van der Waals surface area contributed by atoms with Gasteiger partial charge in [0.2, 0.25) is 0 Å². The predicted molar refractivity (Wildman–Crippen MR) is 111 cm³/mol. The Morgan fingerprint density at radius 2 is 1.26 bits per heavy atom. The average molecular weight is 602 g/mol. The number of phenolic OH excluding ortho intramolecular Hbond substituents is 3. The third kappa shape index (κ3) is 7.71. The van der Waals surface area contributed by atoms with Gasteiger partial charge in [-0.1, -0.05) is 6.07 Å². The Labute approximate surface area is 193 Å². The first-order valence-electron chi connectivity index (χ1n) is 7.59. The first kappa shape index (κ1) is 25.0. The predicted octanol–water partition coefficient (Wildman–Crippen LogP) is 2.66. The van der Waals surface area contributed by atoms with E-state index >= 15 is 0 Å². The summed E-state index contributed by atoms with van der Waals surface area (Å²) in [5.41, 5.74) is 0.00126. The van der Waals surface area contributed by atoms with E-state index in [0.29, 0.717) is 0 Å². The van der Waals surface area contributed by atoms with Gasteiger partial charge in [-0.2, -0.15) is 0 Å². The standard InChI is InChI=1S/C16H12Br2O11S2/c17-10-3-8(1-2-12(10)19)6-14(28-30(22,23)24)15(29-31(25,26)27)7-9-4-11(18)16(21)13(20)5-9/h1-7,19-21H,(H,22,23,24)(H,25,26,27)/p-2/b14-6+,15-7-. The molecule has 0 amide bonds. The molecule has 31 heavy (non-hydrogen) atoms. The normalized spacial score (nSPS) is 13.2. The number of hydrogen-bond donors (Lipinski definition) is 3. The Balaban J connectivity index is 2.74. The molecule has 0 fully saturated rings. The minimum Gasteiger partial charge on any atom is -0.716 e. The molecule has 2 rings (SSSR count). The fourth-order valence-corrected chi connectivity index (χ4v) is 3.66. The van der Waals surface area contributed by atoms with Crippen LogP contribution in [0.5, 0.6) is 17.2 Å². The van der Waals surface area contributed by atoms with Gasteiger partial charge in [0.05, 0.1) is 8.95 Å². The van der Waals surface area contributed by atoms with E-state index in [-0.39, 0.29) is 25.8 Å². The monoisotopic (exact) mass is 600 g/mol. The lowest BCUT2D eigenvalue weighted by molar-refractivity contribution is 0.281. The first-order valence-corrected chi connectivity index (χ1v) is 11.8. The van der Waals surface area contributed by atoms with Crippen LogP contribution in [0.3, 0.4) is 0 Å². The first-order chi connectivity index (χ1) is 14.1. The zero-order valence-corrected chi connectivity index (χ0v) is 19.5. The molecule has 3 N–H and O–H groups in total.